The zero-order chi connectivity index (χ0) is 20.1. The van der Waals surface area contributed by atoms with Crippen LogP contribution >= 0.6 is 0 Å². The lowest BCUT2D eigenvalue weighted by Gasteiger charge is -2.35. The van der Waals surface area contributed by atoms with Crippen molar-refractivity contribution in [3.8, 4) is 5.75 Å². The summed E-state index contributed by atoms with van der Waals surface area (Å²) in [5.41, 5.74) is 1.40. The molecule has 0 saturated carbocycles. The Bertz CT molecular complexity index is 823. The Morgan fingerprint density at radius 2 is 2.21 bits per heavy atom. The second kappa shape index (κ2) is 8.68. The Kier molecular flexibility index (Phi) is 6.07. The van der Waals surface area contributed by atoms with Gasteiger partial charge >= 0.3 is 0 Å². The van der Waals surface area contributed by atoms with E-state index in [0.29, 0.717) is 37.4 Å². The van der Waals surface area contributed by atoms with Crippen LogP contribution in [0.25, 0.3) is 0 Å². The predicted molar refractivity (Wildman–Crippen MR) is 102 cm³/mol. The number of carbonyl (C=O) groups is 2. The standard InChI is InChI=1S/C18H25N7O3/c1-24(2)18(27)12-6-7-15-14(9-12)25(3)13(11-28-15)10-17(26)19-8-4-5-16-20-22-23-21-16/h6-7,9,13H,4-5,8,10-11H2,1-3H3,(H,19,26)(H,20,21,22,23)/t13-/m1/s1. The molecule has 28 heavy (non-hydrogen) atoms. The zero-order valence-electron chi connectivity index (χ0n) is 16.3. The molecule has 1 aliphatic rings. The zero-order valence-corrected chi connectivity index (χ0v) is 16.3. The number of aryl methyl sites for hydroxylation is 1. The number of nitrogens with one attached hydrogen (secondary N) is 2. The van der Waals surface area contributed by atoms with Crippen molar-refractivity contribution in [2.75, 3.05) is 39.2 Å². The molecule has 2 heterocycles. The number of aromatic nitrogens is 4. The number of amides is 2. The average molecular weight is 387 g/mol. The van der Waals surface area contributed by atoms with Crippen LogP contribution in [0.1, 0.15) is 29.0 Å². The van der Waals surface area contributed by atoms with Gasteiger partial charge in [-0.2, -0.15) is 5.21 Å². The Labute approximate surface area is 163 Å². The number of fused-ring (bicyclic) bond motifs is 1. The predicted octanol–water partition coefficient (Wildman–Crippen LogP) is 0.238. The highest BCUT2D eigenvalue weighted by Gasteiger charge is 2.27. The topological polar surface area (TPSA) is 116 Å². The number of anilines is 1. The van der Waals surface area contributed by atoms with Crippen molar-refractivity contribution in [3.05, 3.63) is 29.6 Å². The van der Waals surface area contributed by atoms with Gasteiger partial charge in [-0.15, -0.1) is 10.2 Å². The average Bonchev–Trinajstić information content (AvgIpc) is 3.20. The van der Waals surface area contributed by atoms with E-state index in [1.165, 1.54) is 4.90 Å². The maximum absolute atomic E-state index is 12.3. The summed E-state index contributed by atoms with van der Waals surface area (Å²) >= 11 is 0. The molecule has 10 heteroatoms. The molecule has 1 atom stereocenters. The van der Waals surface area contributed by atoms with Crippen molar-refractivity contribution in [1.82, 2.24) is 30.8 Å². The number of tetrazole rings is 1. The number of benzene rings is 1. The largest absolute Gasteiger partial charge is 0.489 e. The smallest absolute Gasteiger partial charge is 0.253 e. The quantitative estimate of drug-likeness (QED) is 0.654. The maximum Gasteiger partial charge on any atom is 0.253 e. The second-order valence-electron chi connectivity index (χ2n) is 6.94. The first-order chi connectivity index (χ1) is 13.5. The lowest BCUT2D eigenvalue weighted by Crippen LogP contribution is -2.44. The van der Waals surface area contributed by atoms with Gasteiger partial charge in [-0.25, -0.2) is 0 Å². The van der Waals surface area contributed by atoms with Crippen molar-refractivity contribution in [2.45, 2.75) is 25.3 Å². The van der Waals surface area contributed by atoms with Crippen molar-refractivity contribution >= 4 is 17.5 Å². The monoisotopic (exact) mass is 387 g/mol. The Balaban J connectivity index is 1.54. The number of hydrogen-bond acceptors (Lipinski definition) is 7. The van der Waals surface area contributed by atoms with Gasteiger partial charge in [0.2, 0.25) is 5.91 Å². The summed E-state index contributed by atoms with van der Waals surface area (Å²) < 4.78 is 5.80. The van der Waals surface area contributed by atoms with Crippen LogP contribution in [0.15, 0.2) is 18.2 Å². The summed E-state index contributed by atoms with van der Waals surface area (Å²) in [6.45, 7) is 0.962. The minimum atomic E-state index is -0.102. The molecule has 1 aromatic carbocycles. The van der Waals surface area contributed by atoms with Gasteiger partial charge in [-0.05, 0) is 24.6 Å². The van der Waals surface area contributed by atoms with Gasteiger partial charge in [0.1, 0.15) is 12.4 Å². The number of H-pyrrole nitrogens is 1. The number of carbonyl (C=O) groups excluding carboxylic acids is 2. The highest BCUT2D eigenvalue weighted by molar-refractivity contribution is 5.95. The van der Waals surface area contributed by atoms with E-state index >= 15 is 0 Å². The van der Waals surface area contributed by atoms with E-state index in [4.69, 9.17) is 4.74 Å². The first-order valence-corrected chi connectivity index (χ1v) is 9.16. The number of hydrogen-bond donors (Lipinski definition) is 2. The van der Waals surface area contributed by atoms with E-state index in [2.05, 4.69) is 25.9 Å². The summed E-state index contributed by atoms with van der Waals surface area (Å²) in [5.74, 6) is 1.24. The van der Waals surface area contributed by atoms with Crippen molar-refractivity contribution < 1.29 is 14.3 Å². The molecule has 0 spiro atoms. The molecule has 150 valence electrons. The van der Waals surface area contributed by atoms with Gasteiger partial charge in [0.25, 0.3) is 5.91 Å². The number of aromatic amines is 1. The van der Waals surface area contributed by atoms with Crippen molar-refractivity contribution in [2.24, 2.45) is 0 Å². The second-order valence-corrected chi connectivity index (χ2v) is 6.94. The third-order valence-corrected chi connectivity index (χ3v) is 4.68. The molecule has 1 aliphatic heterocycles. The van der Waals surface area contributed by atoms with Crippen LogP contribution in [0, 0.1) is 0 Å². The lowest BCUT2D eigenvalue weighted by atomic mass is 10.1. The first kappa shape index (κ1) is 19.6. The van der Waals surface area contributed by atoms with Crippen LogP contribution in [-0.4, -0.2) is 77.7 Å². The maximum atomic E-state index is 12.3. The van der Waals surface area contributed by atoms with E-state index in [1.807, 2.05) is 18.0 Å². The molecule has 0 bridgehead atoms. The fourth-order valence-corrected chi connectivity index (χ4v) is 3.05. The molecule has 0 radical (unpaired) electrons. The van der Waals surface area contributed by atoms with E-state index in [1.54, 1.807) is 26.2 Å². The SMILES string of the molecule is CN(C)C(=O)c1ccc2c(c1)N(C)[C@H](CC(=O)NCCCc1nn[nH]n1)CO2. The van der Waals surface area contributed by atoms with Crippen LogP contribution < -0.4 is 15.0 Å². The van der Waals surface area contributed by atoms with Crippen LogP contribution in [-0.2, 0) is 11.2 Å². The van der Waals surface area contributed by atoms with E-state index < -0.39 is 0 Å². The summed E-state index contributed by atoms with van der Waals surface area (Å²) in [4.78, 5) is 28.0. The molecular weight excluding hydrogens is 362 g/mol. The van der Waals surface area contributed by atoms with Gasteiger partial charge in [-0.1, -0.05) is 5.21 Å². The van der Waals surface area contributed by atoms with Gasteiger partial charge in [-0.3, -0.25) is 9.59 Å². The first-order valence-electron chi connectivity index (χ1n) is 9.16. The summed E-state index contributed by atoms with van der Waals surface area (Å²) in [7, 11) is 5.35. The number of nitrogens with zero attached hydrogens (tertiary/aromatic N) is 5. The fraction of sp³-hybridized carbons (Fsp3) is 0.500. The van der Waals surface area contributed by atoms with E-state index in [9.17, 15) is 9.59 Å². The van der Waals surface area contributed by atoms with Crippen LogP contribution in [0.2, 0.25) is 0 Å². The summed E-state index contributed by atoms with van der Waals surface area (Å²) in [6, 6.07) is 5.27. The van der Waals surface area contributed by atoms with Gasteiger partial charge in [0.05, 0.1) is 18.2 Å². The molecule has 0 saturated heterocycles. The van der Waals surface area contributed by atoms with Gasteiger partial charge < -0.3 is 19.9 Å². The normalized spacial score (nSPS) is 15.5. The summed E-state index contributed by atoms with van der Waals surface area (Å²) in [5, 5.41) is 16.6. The molecule has 2 amide bonds. The molecule has 10 nitrogen and oxygen atoms in total. The molecule has 3 rings (SSSR count). The minimum absolute atomic E-state index is 0.0439. The molecular formula is C18H25N7O3. The highest BCUT2D eigenvalue weighted by atomic mass is 16.5. The number of likely N-dealkylation sites (N-methyl/N-ethyl adjacent to an activating group) is 1. The minimum Gasteiger partial charge on any atom is -0.489 e. The third-order valence-electron chi connectivity index (χ3n) is 4.68. The molecule has 0 aliphatic carbocycles. The number of rotatable bonds is 7. The van der Waals surface area contributed by atoms with Crippen molar-refractivity contribution in [3.63, 3.8) is 0 Å². The van der Waals surface area contributed by atoms with E-state index in [0.717, 1.165) is 17.9 Å². The van der Waals surface area contributed by atoms with Crippen LogP contribution in [0.5, 0.6) is 5.75 Å². The molecule has 0 fully saturated rings. The fourth-order valence-electron chi connectivity index (χ4n) is 3.05. The van der Waals surface area contributed by atoms with Crippen LogP contribution in [0.3, 0.4) is 0 Å². The number of ether oxygens (including phenoxy) is 1. The van der Waals surface area contributed by atoms with E-state index in [-0.39, 0.29) is 17.9 Å². The van der Waals surface area contributed by atoms with Gasteiger partial charge in [0, 0.05) is 39.7 Å². The third kappa shape index (κ3) is 4.56. The molecule has 0 unspecified atom stereocenters. The van der Waals surface area contributed by atoms with Crippen molar-refractivity contribution in [1.29, 1.82) is 0 Å². The van der Waals surface area contributed by atoms with Gasteiger partial charge in [0.15, 0.2) is 5.82 Å². The Hall–Kier alpha value is -3.17. The Morgan fingerprint density at radius 1 is 1.39 bits per heavy atom. The molecule has 2 aromatic rings. The highest BCUT2D eigenvalue weighted by Crippen LogP contribution is 2.34. The summed E-state index contributed by atoms with van der Waals surface area (Å²) in [6.07, 6.45) is 1.70. The molecule has 2 N–H and O–H groups in total. The lowest BCUT2D eigenvalue weighted by molar-refractivity contribution is -0.121. The molecule has 1 aromatic heterocycles. The van der Waals surface area contributed by atoms with Crippen LogP contribution in [0.4, 0.5) is 5.69 Å². The Morgan fingerprint density at radius 3 is 2.93 bits per heavy atom.